The molecule has 0 fully saturated rings. The van der Waals surface area contributed by atoms with Gasteiger partial charge in [0, 0.05) is 18.1 Å². The number of nitrogens with zero attached hydrogens (tertiary/aromatic N) is 2. The Balaban J connectivity index is 2.09. The molecule has 7 nitrogen and oxygen atoms in total. The number of primary amides is 1. The summed E-state index contributed by atoms with van der Waals surface area (Å²) < 4.78 is 34.5. The Morgan fingerprint density at radius 3 is 2.70 bits per heavy atom. The third-order valence-electron chi connectivity index (χ3n) is 4.35. The molecule has 0 saturated carbocycles. The van der Waals surface area contributed by atoms with Crippen LogP contribution in [0.2, 0.25) is 0 Å². The minimum Gasteiger partial charge on any atom is -0.436 e. The number of rotatable bonds is 6. The Morgan fingerprint density at radius 1 is 1.30 bits per heavy atom. The van der Waals surface area contributed by atoms with E-state index in [4.69, 9.17) is 16.9 Å². The average molecular weight is 412 g/mol. The van der Waals surface area contributed by atoms with E-state index in [1.807, 2.05) is 0 Å². The van der Waals surface area contributed by atoms with Crippen molar-refractivity contribution in [3.05, 3.63) is 59.2 Å². The van der Waals surface area contributed by atoms with Gasteiger partial charge >= 0.3 is 6.09 Å². The van der Waals surface area contributed by atoms with Crippen LogP contribution in [0.25, 0.3) is 11.0 Å². The standard InChI is InChI=1S/C21H18F2N4O3/c1-3-10-30-20(29)26-19-25-16-11-13(18(24)28)8-9-17(16)27(19)12-14-6-4-5-7-15(14)21(2,22)23/h1,4-9,11H,10,12H2,2H3,(H2,24,28)(H,25,26,29). The third kappa shape index (κ3) is 4.38. The van der Waals surface area contributed by atoms with Gasteiger partial charge in [-0.1, -0.05) is 30.2 Å². The van der Waals surface area contributed by atoms with Crippen molar-refractivity contribution >= 4 is 29.0 Å². The molecule has 2 aromatic carbocycles. The van der Waals surface area contributed by atoms with Gasteiger partial charge in [-0.05, 0) is 23.8 Å². The molecule has 1 heterocycles. The fourth-order valence-corrected chi connectivity index (χ4v) is 3.03. The molecule has 0 bridgehead atoms. The van der Waals surface area contributed by atoms with E-state index in [0.29, 0.717) is 16.6 Å². The Labute approximate surface area is 170 Å². The lowest BCUT2D eigenvalue weighted by molar-refractivity contribution is 0.0164. The summed E-state index contributed by atoms with van der Waals surface area (Å²) in [5.41, 5.74) is 6.56. The first-order chi connectivity index (χ1) is 14.2. The lowest BCUT2D eigenvalue weighted by Gasteiger charge is -2.17. The number of nitrogens with one attached hydrogen (secondary N) is 1. The van der Waals surface area contributed by atoms with Gasteiger partial charge in [-0.2, -0.15) is 0 Å². The van der Waals surface area contributed by atoms with Crippen molar-refractivity contribution in [1.29, 1.82) is 0 Å². The Kier molecular flexibility index (Phi) is 5.69. The van der Waals surface area contributed by atoms with Crippen molar-refractivity contribution < 1.29 is 23.1 Å². The first-order valence-electron chi connectivity index (χ1n) is 8.84. The minimum atomic E-state index is -3.06. The number of fused-ring (bicyclic) bond motifs is 1. The number of benzene rings is 2. The molecule has 1 aromatic heterocycles. The van der Waals surface area contributed by atoms with Crippen molar-refractivity contribution in [3.8, 4) is 12.3 Å². The van der Waals surface area contributed by atoms with Gasteiger partial charge in [0.1, 0.15) is 0 Å². The molecule has 0 spiro atoms. The van der Waals surface area contributed by atoms with Crippen LogP contribution in [0, 0.1) is 12.3 Å². The number of alkyl halides is 2. The zero-order valence-electron chi connectivity index (χ0n) is 16.0. The van der Waals surface area contributed by atoms with Gasteiger partial charge in [-0.3, -0.25) is 10.1 Å². The molecule has 0 aliphatic carbocycles. The highest BCUT2D eigenvalue weighted by atomic mass is 19.3. The number of amides is 2. The molecule has 3 N–H and O–H groups in total. The van der Waals surface area contributed by atoms with Gasteiger partial charge in [-0.25, -0.2) is 18.6 Å². The normalized spacial score (nSPS) is 11.1. The van der Waals surface area contributed by atoms with Crippen LogP contribution in [0.1, 0.15) is 28.4 Å². The lowest BCUT2D eigenvalue weighted by Crippen LogP contribution is -2.19. The summed E-state index contributed by atoms with van der Waals surface area (Å²) in [5, 5.41) is 2.45. The summed E-state index contributed by atoms with van der Waals surface area (Å²) in [7, 11) is 0. The first-order valence-corrected chi connectivity index (χ1v) is 8.84. The second-order valence-electron chi connectivity index (χ2n) is 6.54. The van der Waals surface area contributed by atoms with E-state index in [-0.39, 0.29) is 30.2 Å². The monoisotopic (exact) mass is 412 g/mol. The zero-order valence-corrected chi connectivity index (χ0v) is 16.0. The molecule has 3 rings (SSSR count). The number of terminal acetylenes is 1. The number of hydrogen-bond donors (Lipinski definition) is 2. The van der Waals surface area contributed by atoms with Crippen molar-refractivity contribution in [2.75, 3.05) is 11.9 Å². The maximum atomic E-state index is 14.1. The summed E-state index contributed by atoms with van der Waals surface area (Å²) >= 11 is 0. The molecule has 154 valence electrons. The Bertz CT molecular complexity index is 1160. The number of anilines is 1. The Hall–Kier alpha value is -3.93. The average Bonchev–Trinajstić information content (AvgIpc) is 3.02. The largest absolute Gasteiger partial charge is 0.436 e. The van der Waals surface area contributed by atoms with E-state index in [0.717, 1.165) is 6.92 Å². The maximum absolute atomic E-state index is 14.1. The molecule has 2 amide bonds. The summed E-state index contributed by atoms with van der Waals surface area (Å²) in [6.45, 7) is 0.548. The molecule has 0 saturated heterocycles. The highest BCUT2D eigenvalue weighted by Gasteiger charge is 2.28. The predicted molar refractivity (Wildman–Crippen MR) is 107 cm³/mol. The number of aromatic nitrogens is 2. The van der Waals surface area contributed by atoms with Gasteiger partial charge in [0.2, 0.25) is 11.9 Å². The molecule has 0 aliphatic rings. The summed E-state index contributed by atoms with van der Waals surface area (Å²) in [6.07, 6.45) is 4.22. The molecule has 3 aromatic rings. The van der Waals surface area contributed by atoms with E-state index in [1.54, 1.807) is 18.2 Å². The molecular formula is C21H18F2N4O3. The number of halogens is 2. The third-order valence-corrected chi connectivity index (χ3v) is 4.35. The number of ether oxygens (including phenoxy) is 1. The number of carbonyl (C=O) groups excluding carboxylic acids is 2. The van der Waals surface area contributed by atoms with E-state index < -0.39 is 17.9 Å². The Morgan fingerprint density at radius 2 is 2.03 bits per heavy atom. The minimum absolute atomic E-state index is 0.0171. The maximum Gasteiger partial charge on any atom is 0.414 e. The summed E-state index contributed by atoms with van der Waals surface area (Å²) in [5.74, 6) is -1.50. The smallest absolute Gasteiger partial charge is 0.414 e. The molecule has 30 heavy (non-hydrogen) atoms. The van der Waals surface area contributed by atoms with Crippen LogP contribution in [0.5, 0.6) is 0 Å². The second-order valence-corrected chi connectivity index (χ2v) is 6.54. The fraction of sp³-hybridized carbons (Fsp3) is 0.190. The molecular weight excluding hydrogens is 394 g/mol. The molecule has 9 heteroatoms. The van der Waals surface area contributed by atoms with Gasteiger partial charge in [-0.15, -0.1) is 6.42 Å². The van der Waals surface area contributed by atoms with Crippen molar-refractivity contribution in [2.45, 2.75) is 19.4 Å². The van der Waals surface area contributed by atoms with Crippen LogP contribution in [0.3, 0.4) is 0 Å². The molecule has 0 aliphatic heterocycles. The van der Waals surface area contributed by atoms with Crippen LogP contribution in [0.15, 0.2) is 42.5 Å². The highest BCUT2D eigenvalue weighted by Crippen LogP contribution is 2.31. The van der Waals surface area contributed by atoms with E-state index in [1.165, 1.54) is 28.8 Å². The quantitative estimate of drug-likeness (QED) is 0.606. The number of nitrogens with two attached hydrogens (primary N) is 1. The van der Waals surface area contributed by atoms with Crippen LogP contribution in [-0.4, -0.2) is 28.2 Å². The number of hydrogen-bond acceptors (Lipinski definition) is 4. The van der Waals surface area contributed by atoms with Gasteiger partial charge in [0.15, 0.2) is 6.61 Å². The fourth-order valence-electron chi connectivity index (χ4n) is 3.03. The van der Waals surface area contributed by atoms with Crippen LogP contribution in [-0.2, 0) is 17.2 Å². The van der Waals surface area contributed by atoms with Crippen molar-refractivity contribution in [1.82, 2.24) is 9.55 Å². The van der Waals surface area contributed by atoms with Gasteiger partial charge in [0.25, 0.3) is 5.92 Å². The summed E-state index contributed by atoms with van der Waals surface area (Å²) in [4.78, 5) is 27.7. The SMILES string of the molecule is C#CCOC(=O)Nc1nc2cc(C(N)=O)ccc2n1Cc1ccccc1C(C)(F)F. The van der Waals surface area contributed by atoms with Crippen molar-refractivity contribution in [2.24, 2.45) is 5.73 Å². The van der Waals surface area contributed by atoms with E-state index in [9.17, 15) is 18.4 Å². The zero-order chi connectivity index (χ0) is 21.9. The van der Waals surface area contributed by atoms with Gasteiger partial charge < -0.3 is 15.0 Å². The van der Waals surface area contributed by atoms with Crippen LogP contribution < -0.4 is 11.1 Å². The number of imidazole rings is 1. The molecule has 0 atom stereocenters. The number of carbonyl (C=O) groups is 2. The highest BCUT2D eigenvalue weighted by molar-refractivity contribution is 5.97. The van der Waals surface area contributed by atoms with E-state index in [2.05, 4.69) is 16.2 Å². The molecule has 0 radical (unpaired) electrons. The summed E-state index contributed by atoms with van der Waals surface area (Å²) in [6, 6.07) is 10.6. The first kappa shape index (κ1) is 20.8. The van der Waals surface area contributed by atoms with Crippen LogP contribution in [0.4, 0.5) is 19.5 Å². The van der Waals surface area contributed by atoms with Crippen LogP contribution >= 0.6 is 0 Å². The molecule has 0 unspecified atom stereocenters. The van der Waals surface area contributed by atoms with Gasteiger partial charge in [0.05, 0.1) is 17.6 Å². The van der Waals surface area contributed by atoms with E-state index >= 15 is 0 Å². The van der Waals surface area contributed by atoms with Crippen molar-refractivity contribution in [3.63, 3.8) is 0 Å². The lowest BCUT2D eigenvalue weighted by atomic mass is 10.0. The topological polar surface area (TPSA) is 99.2 Å². The second kappa shape index (κ2) is 8.21. The predicted octanol–water partition coefficient (Wildman–Crippen LogP) is 3.48.